The molecule has 0 aliphatic rings. The molecule has 0 amide bonds. The molecule has 0 unspecified atom stereocenters. The number of hydrogen-bond donors (Lipinski definition) is 0. The van der Waals surface area contributed by atoms with Gasteiger partial charge in [0.2, 0.25) is 0 Å². The summed E-state index contributed by atoms with van der Waals surface area (Å²) in [5.41, 5.74) is 2.08. The van der Waals surface area contributed by atoms with E-state index in [0.717, 1.165) is 11.1 Å². The Morgan fingerprint density at radius 2 is 1.87 bits per heavy atom. The lowest BCUT2D eigenvalue weighted by Crippen LogP contribution is -1.88. The largest absolute Gasteiger partial charge is 0.265 e. The lowest BCUT2D eigenvalue weighted by atomic mass is 10.0. The van der Waals surface area contributed by atoms with Crippen molar-refractivity contribution in [2.75, 3.05) is 0 Å². The van der Waals surface area contributed by atoms with Crippen LogP contribution in [-0.2, 0) is 0 Å². The van der Waals surface area contributed by atoms with Gasteiger partial charge in [-0.25, -0.2) is 4.98 Å². The predicted octanol–water partition coefficient (Wildman–Crippen LogP) is 2.67. The zero-order valence-corrected chi connectivity index (χ0v) is 8.44. The van der Waals surface area contributed by atoms with Crippen molar-refractivity contribution >= 4 is 11.6 Å². The minimum absolute atomic E-state index is 0.229. The third kappa shape index (κ3) is 1.80. The lowest BCUT2D eigenvalue weighted by Gasteiger charge is -2.03. The van der Waals surface area contributed by atoms with Crippen molar-refractivity contribution in [1.29, 1.82) is 5.26 Å². The quantitative estimate of drug-likeness (QED) is 0.688. The van der Waals surface area contributed by atoms with Gasteiger partial charge in [0.25, 0.3) is 0 Å². The fourth-order valence-electron chi connectivity index (χ4n) is 1.31. The van der Waals surface area contributed by atoms with Crippen molar-refractivity contribution in [2.24, 2.45) is 0 Å². The molecule has 2 heterocycles. The summed E-state index contributed by atoms with van der Waals surface area (Å²) < 4.78 is 0. The van der Waals surface area contributed by atoms with Crippen molar-refractivity contribution in [1.82, 2.24) is 9.97 Å². The topological polar surface area (TPSA) is 49.6 Å². The van der Waals surface area contributed by atoms with Gasteiger partial charge < -0.3 is 0 Å². The van der Waals surface area contributed by atoms with Crippen LogP contribution in [0, 0.1) is 11.3 Å². The molecular weight excluding hydrogens is 210 g/mol. The molecule has 0 saturated heterocycles. The number of nitriles is 1. The van der Waals surface area contributed by atoms with Gasteiger partial charge in [-0.15, -0.1) is 0 Å². The first-order valence-corrected chi connectivity index (χ1v) is 4.65. The van der Waals surface area contributed by atoms with E-state index in [0.29, 0.717) is 5.56 Å². The number of pyridine rings is 2. The van der Waals surface area contributed by atoms with E-state index in [1.807, 2.05) is 18.2 Å². The van der Waals surface area contributed by atoms with E-state index in [2.05, 4.69) is 9.97 Å². The van der Waals surface area contributed by atoms with Crippen LogP contribution in [0.15, 0.2) is 36.8 Å². The molecule has 2 aromatic rings. The zero-order valence-electron chi connectivity index (χ0n) is 7.68. The second kappa shape index (κ2) is 4.07. The van der Waals surface area contributed by atoms with Crippen LogP contribution in [0.4, 0.5) is 0 Å². The van der Waals surface area contributed by atoms with E-state index in [1.165, 1.54) is 0 Å². The molecular formula is C11H6ClN3. The van der Waals surface area contributed by atoms with Crippen LogP contribution in [0.1, 0.15) is 5.56 Å². The maximum absolute atomic E-state index is 8.97. The van der Waals surface area contributed by atoms with E-state index in [1.54, 1.807) is 24.7 Å². The second-order valence-corrected chi connectivity index (χ2v) is 3.23. The van der Waals surface area contributed by atoms with Gasteiger partial charge in [-0.1, -0.05) is 11.6 Å². The maximum Gasteiger partial charge on any atom is 0.147 e. The van der Waals surface area contributed by atoms with Crippen molar-refractivity contribution in [3.05, 3.63) is 47.5 Å². The Balaban J connectivity index is 2.65. The van der Waals surface area contributed by atoms with Gasteiger partial charge in [-0.3, -0.25) is 4.98 Å². The summed E-state index contributed by atoms with van der Waals surface area (Å²) >= 11 is 5.83. The molecule has 0 saturated carbocycles. The SMILES string of the molecule is N#Cc1c(-c2ccncc2)ccnc1Cl. The minimum Gasteiger partial charge on any atom is -0.265 e. The van der Waals surface area contributed by atoms with Crippen LogP contribution in [-0.4, -0.2) is 9.97 Å². The molecule has 0 atom stereocenters. The fourth-order valence-corrected chi connectivity index (χ4v) is 1.52. The summed E-state index contributed by atoms with van der Waals surface area (Å²) in [7, 11) is 0. The van der Waals surface area contributed by atoms with Gasteiger partial charge in [-0.05, 0) is 23.8 Å². The van der Waals surface area contributed by atoms with Crippen LogP contribution in [0.3, 0.4) is 0 Å². The van der Waals surface area contributed by atoms with Gasteiger partial charge in [0, 0.05) is 24.2 Å². The summed E-state index contributed by atoms with van der Waals surface area (Å²) in [5, 5.41) is 9.20. The Labute approximate surface area is 92.0 Å². The highest BCUT2D eigenvalue weighted by Crippen LogP contribution is 2.26. The number of hydrogen-bond acceptors (Lipinski definition) is 3. The summed E-state index contributed by atoms with van der Waals surface area (Å²) in [6, 6.07) is 7.46. The highest BCUT2D eigenvalue weighted by atomic mass is 35.5. The third-order valence-electron chi connectivity index (χ3n) is 2.01. The summed E-state index contributed by atoms with van der Waals surface area (Å²) in [6.07, 6.45) is 4.93. The Bertz CT molecular complexity index is 517. The molecule has 2 aromatic heterocycles. The average molecular weight is 216 g/mol. The Kier molecular flexibility index (Phi) is 2.61. The Morgan fingerprint density at radius 1 is 1.13 bits per heavy atom. The molecule has 0 bridgehead atoms. The molecule has 0 spiro atoms. The van der Waals surface area contributed by atoms with Gasteiger partial charge in [-0.2, -0.15) is 5.26 Å². The number of halogens is 1. The van der Waals surface area contributed by atoms with Gasteiger partial charge in [0.1, 0.15) is 11.2 Å². The van der Waals surface area contributed by atoms with E-state index < -0.39 is 0 Å². The first-order chi connectivity index (χ1) is 7.33. The van der Waals surface area contributed by atoms with Crippen LogP contribution >= 0.6 is 11.6 Å². The second-order valence-electron chi connectivity index (χ2n) is 2.87. The maximum atomic E-state index is 8.97. The summed E-state index contributed by atoms with van der Waals surface area (Å²) in [5.74, 6) is 0. The van der Waals surface area contributed by atoms with Crippen molar-refractivity contribution in [2.45, 2.75) is 0 Å². The standard InChI is InChI=1S/C11H6ClN3/c12-11-10(7-13)9(3-6-15-11)8-1-4-14-5-2-8/h1-6H. The van der Waals surface area contributed by atoms with Crippen LogP contribution in [0.5, 0.6) is 0 Å². The molecule has 0 aliphatic heterocycles. The number of rotatable bonds is 1. The van der Waals surface area contributed by atoms with Crippen molar-refractivity contribution in [3.8, 4) is 17.2 Å². The van der Waals surface area contributed by atoms with Crippen molar-refractivity contribution < 1.29 is 0 Å². The predicted molar refractivity (Wildman–Crippen MR) is 57.2 cm³/mol. The first kappa shape index (κ1) is 9.63. The average Bonchev–Trinajstić information content (AvgIpc) is 2.30. The van der Waals surface area contributed by atoms with Crippen LogP contribution in [0.2, 0.25) is 5.15 Å². The zero-order chi connectivity index (χ0) is 10.7. The van der Waals surface area contributed by atoms with E-state index >= 15 is 0 Å². The number of nitrogens with zero attached hydrogens (tertiary/aromatic N) is 3. The lowest BCUT2D eigenvalue weighted by molar-refractivity contribution is 1.29. The van der Waals surface area contributed by atoms with Crippen molar-refractivity contribution in [3.63, 3.8) is 0 Å². The Morgan fingerprint density at radius 3 is 2.53 bits per heavy atom. The molecule has 4 heteroatoms. The molecule has 2 rings (SSSR count). The fraction of sp³-hybridized carbons (Fsp3) is 0. The van der Waals surface area contributed by atoms with Gasteiger partial charge in [0.15, 0.2) is 0 Å². The van der Waals surface area contributed by atoms with Gasteiger partial charge >= 0.3 is 0 Å². The molecule has 0 N–H and O–H groups in total. The minimum atomic E-state index is 0.229. The molecule has 3 nitrogen and oxygen atoms in total. The normalized spacial score (nSPS) is 9.60. The van der Waals surface area contributed by atoms with Gasteiger partial charge in [0.05, 0.1) is 5.56 Å². The molecule has 0 radical (unpaired) electrons. The van der Waals surface area contributed by atoms with E-state index in [-0.39, 0.29) is 5.15 Å². The number of aromatic nitrogens is 2. The Hall–Kier alpha value is -1.92. The molecule has 0 fully saturated rings. The molecule has 15 heavy (non-hydrogen) atoms. The first-order valence-electron chi connectivity index (χ1n) is 4.28. The van der Waals surface area contributed by atoms with E-state index in [4.69, 9.17) is 16.9 Å². The van der Waals surface area contributed by atoms with Crippen LogP contribution in [0.25, 0.3) is 11.1 Å². The summed E-state index contributed by atoms with van der Waals surface area (Å²) in [4.78, 5) is 7.78. The third-order valence-corrected chi connectivity index (χ3v) is 2.29. The monoisotopic (exact) mass is 215 g/mol. The van der Waals surface area contributed by atoms with Crippen LogP contribution < -0.4 is 0 Å². The molecule has 72 valence electrons. The highest BCUT2D eigenvalue weighted by molar-refractivity contribution is 6.30. The highest BCUT2D eigenvalue weighted by Gasteiger charge is 2.08. The molecule has 0 aliphatic carbocycles. The molecule has 0 aromatic carbocycles. The van der Waals surface area contributed by atoms with E-state index in [9.17, 15) is 0 Å². The summed E-state index contributed by atoms with van der Waals surface area (Å²) in [6.45, 7) is 0. The smallest absolute Gasteiger partial charge is 0.147 e.